The van der Waals surface area contributed by atoms with Gasteiger partial charge in [0.25, 0.3) is 0 Å². The van der Waals surface area contributed by atoms with E-state index in [9.17, 15) is 22.7 Å². The second kappa shape index (κ2) is 8.40. The Kier molecular flexibility index (Phi) is 6.92. The lowest BCUT2D eigenvalue weighted by atomic mass is 9.74. The Morgan fingerprint density at radius 1 is 1.14 bits per heavy atom. The van der Waals surface area contributed by atoms with Crippen LogP contribution in [0.25, 0.3) is 0 Å². The van der Waals surface area contributed by atoms with E-state index in [1.54, 1.807) is 18.7 Å². The van der Waals surface area contributed by atoms with Gasteiger partial charge in [0.05, 0.1) is 7.11 Å². The van der Waals surface area contributed by atoms with Crippen molar-refractivity contribution in [3.8, 4) is 5.75 Å². The summed E-state index contributed by atoms with van der Waals surface area (Å²) in [6, 6.07) is 3.92. The zero-order valence-electron chi connectivity index (χ0n) is 18.0. The fraction of sp³-hybridized carbons (Fsp3) is 0.714. The van der Waals surface area contributed by atoms with Gasteiger partial charge >= 0.3 is 6.18 Å². The van der Waals surface area contributed by atoms with E-state index in [1.807, 2.05) is 20.9 Å². The van der Waals surface area contributed by atoms with Crippen molar-refractivity contribution in [2.75, 3.05) is 33.8 Å². The highest BCUT2D eigenvalue weighted by atomic mass is 19.4. The van der Waals surface area contributed by atoms with E-state index in [-0.39, 0.29) is 12.1 Å². The maximum absolute atomic E-state index is 14.0. The molecule has 29 heavy (non-hydrogen) atoms. The SMILES string of the molecule is COc1ccc(F)cc1C(C)(C)CC(O)(CN1CC(C)N(C)C(C)C1)C(F)(F)F. The molecule has 3 atom stereocenters. The molecular formula is C21H32F4N2O2. The summed E-state index contributed by atoms with van der Waals surface area (Å²) in [4.78, 5) is 3.78. The first-order valence-corrected chi connectivity index (χ1v) is 9.77. The number of alkyl halides is 3. The van der Waals surface area contributed by atoms with E-state index >= 15 is 0 Å². The van der Waals surface area contributed by atoms with Crippen molar-refractivity contribution >= 4 is 0 Å². The Bertz CT molecular complexity index is 698. The number of β-amino-alcohol motifs (C(OH)–C–C–N with tert-alkyl or cyclic N) is 1. The van der Waals surface area contributed by atoms with Crippen LogP contribution in [0.15, 0.2) is 18.2 Å². The van der Waals surface area contributed by atoms with Gasteiger partial charge < -0.3 is 9.84 Å². The molecule has 1 N–H and O–H groups in total. The average Bonchev–Trinajstić information content (AvgIpc) is 2.58. The lowest BCUT2D eigenvalue weighted by Crippen LogP contribution is -2.62. The minimum atomic E-state index is -4.83. The Morgan fingerprint density at radius 3 is 2.17 bits per heavy atom. The lowest BCUT2D eigenvalue weighted by molar-refractivity contribution is -0.273. The molecule has 4 nitrogen and oxygen atoms in total. The third kappa shape index (κ3) is 5.22. The van der Waals surface area contributed by atoms with Crippen LogP contribution in [-0.2, 0) is 5.41 Å². The number of methoxy groups -OCH3 is 1. The van der Waals surface area contributed by atoms with E-state index in [4.69, 9.17) is 4.74 Å². The van der Waals surface area contributed by atoms with Crippen molar-refractivity contribution in [3.05, 3.63) is 29.6 Å². The molecule has 8 heteroatoms. The predicted molar refractivity (Wildman–Crippen MR) is 105 cm³/mol. The molecular weight excluding hydrogens is 388 g/mol. The molecule has 0 radical (unpaired) electrons. The van der Waals surface area contributed by atoms with Crippen molar-refractivity contribution in [2.45, 2.75) is 63.4 Å². The van der Waals surface area contributed by atoms with Gasteiger partial charge in [-0.2, -0.15) is 13.2 Å². The molecule has 1 aliphatic heterocycles. The summed E-state index contributed by atoms with van der Waals surface area (Å²) in [7, 11) is 3.33. The minimum Gasteiger partial charge on any atom is -0.496 e. The summed E-state index contributed by atoms with van der Waals surface area (Å²) in [5.74, 6) is -0.270. The largest absolute Gasteiger partial charge is 0.496 e. The molecule has 0 spiro atoms. The summed E-state index contributed by atoms with van der Waals surface area (Å²) in [5, 5.41) is 10.9. The van der Waals surface area contributed by atoms with Gasteiger partial charge in [-0.25, -0.2) is 4.39 Å². The third-order valence-corrected chi connectivity index (χ3v) is 6.07. The maximum atomic E-state index is 14.0. The Labute approximate surface area is 170 Å². The number of piperazine rings is 1. The highest BCUT2D eigenvalue weighted by molar-refractivity contribution is 5.39. The zero-order chi connectivity index (χ0) is 22.2. The number of likely N-dealkylation sites (N-methyl/N-ethyl adjacent to an activating group) is 1. The highest BCUT2D eigenvalue weighted by Crippen LogP contribution is 2.44. The zero-order valence-corrected chi connectivity index (χ0v) is 18.0. The topological polar surface area (TPSA) is 35.9 Å². The van der Waals surface area contributed by atoms with Crippen LogP contribution in [0.3, 0.4) is 0 Å². The van der Waals surface area contributed by atoms with Crippen LogP contribution < -0.4 is 4.74 Å². The minimum absolute atomic E-state index is 0.0764. The first-order valence-electron chi connectivity index (χ1n) is 9.77. The first kappa shape index (κ1) is 23.9. The molecule has 0 aromatic heterocycles. The van der Waals surface area contributed by atoms with Gasteiger partial charge in [-0.3, -0.25) is 9.80 Å². The van der Waals surface area contributed by atoms with E-state index in [0.29, 0.717) is 24.4 Å². The van der Waals surface area contributed by atoms with E-state index < -0.39 is 36.0 Å². The van der Waals surface area contributed by atoms with Gasteiger partial charge in [0, 0.05) is 37.3 Å². The molecule has 3 unspecified atom stereocenters. The summed E-state index contributed by atoms with van der Waals surface area (Å²) >= 11 is 0. The molecule has 1 aliphatic rings. The average molecular weight is 420 g/mol. The molecule has 1 fully saturated rings. The first-order chi connectivity index (χ1) is 13.2. The normalized spacial score (nSPS) is 24.4. The van der Waals surface area contributed by atoms with Crippen molar-refractivity contribution in [3.63, 3.8) is 0 Å². The monoisotopic (exact) mass is 420 g/mol. The van der Waals surface area contributed by atoms with Crippen LogP contribution >= 0.6 is 0 Å². The number of ether oxygens (including phenoxy) is 1. The Hall–Kier alpha value is -1.38. The number of benzene rings is 1. The quantitative estimate of drug-likeness (QED) is 0.710. The second-order valence-corrected chi connectivity index (χ2v) is 8.99. The van der Waals surface area contributed by atoms with Gasteiger partial charge in [0.1, 0.15) is 11.6 Å². The number of halogens is 4. The van der Waals surface area contributed by atoms with Gasteiger partial charge in [-0.15, -0.1) is 0 Å². The van der Waals surface area contributed by atoms with Crippen LogP contribution in [0.4, 0.5) is 17.6 Å². The second-order valence-electron chi connectivity index (χ2n) is 8.99. The third-order valence-electron chi connectivity index (χ3n) is 6.07. The molecule has 2 rings (SSSR count). The van der Waals surface area contributed by atoms with Crippen LogP contribution in [-0.4, -0.2) is 72.6 Å². The highest BCUT2D eigenvalue weighted by Gasteiger charge is 2.57. The summed E-state index contributed by atoms with van der Waals surface area (Å²) in [6.07, 6.45) is -5.45. The summed E-state index contributed by atoms with van der Waals surface area (Å²) in [6.45, 7) is 7.38. The van der Waals surface area contributed by atoms with Crippen LogP contribution in [0.2, 0.25) is 0 Å². The van der Waals surface area contributed by atoms with Crippen LogP contribution in [0.5, 0.6) is 5.75 Å². The number of hydrogen-bond donors (Lipinski definition) is 1. The predicted octanol–water partition coefficient (Wildman–Crippen LogP) is 3.82. The molecule has 1 aromatic rings. The number of aliphatic hydroxyl groups is 1. The van der Waals surface area contributed by atoms with Crippen LogP contribution in [0, 0.1) is 5.82 Å². The van der Waals surface area contributed by atoms with Gasteiger partial charge in [0.2, 0.25) is 0 Å². The summed E-state index contributed by atoms with van der Waals surface area (Å²) < 4.78 is 61.2. The van der Waals surface area contributed by atoms with E-state index in [2.05, 4.69) is 4.90 Å². The fourth-order valence-corrected chi connectivity index (χ4v) is 4.29. The standard InChI is InChI=1S/C21H32F4N2O2/c1-14-10-27(11-15(2)26(14)5)13-20(28,21(23,24)25)12-19(3,4)17-9-16(22)7-8-18(17)29-6/h7-9,14-15,28H,10-13H2,1-6H3. The van der Waals surface area contributed by atoms with Crippen molar-refractivity contribution in [1.29, 1.82) is 0 Å². The molecule has 1 heterocycles. The number of rotatable bonds is 6. The smallest absolute Gasteiger partial charge is 0.418 e. The molecule has 0 bridgehead atoms. The molecule has 0 aliphatic carbocycles. The van der Waals surface area contributed by atoms with E-state index in [0.717, 1.165) is 0 Å². The van der Waals surface area contributed by atoms with Gasteiger partial charge in [-0.05, 0) is 50.9 Å². The number of nitrogens with zero attached hydrogens (tertiary/aromatic N) is 2. The van der Waals surface area contributed by atoms with Crippen molar-refractivity contribution in [2.24, 2.45) is 0 Å². The maximum Gasteiger partial charge on any atom is 0.418 e. The van der Waals surface area contributed by atoms with Gasteiger partial charge in [0.15, 0.2) is 5.60 Å². The van der Waals surface area contributed by atoms with Crippen molar-refractivity contribution < 1.29 is 27.4 Å². The molecule has 1 aromatic carbocycles. The Balaban J connectivity index is 2.34. The molecule has 0 saturated carbocycles. The Morgan fingerprint density at radius 2 is 1.69 bits per heavy atom. The number of hydrogen-bond acceptors (Lipinski definition) is 4. The van der Waals surface area contributed by atoms with Crippen molar-refractivity contribution in [1.82, 2.24) is 9.80 Å². The molecule has 1 saturated heterocycles. The molecule has 166 valence electrons. The van der Waals surface area contributed by atoms with E-state index in [1.165, 1.54) is 25.3 Å². The van der Waals surface area contributed by atoms with Gasteiger partial charge in [-0.1, -0.05) is 13.8 Å². The lowest BCUT2D eigenvalue weighted by Gasteiger charge is -2.46. The van der Waals surface area contributed by atoms with Crippen LogP contribution in [0.1, 0.15) is 39.7 Å². The molecule has 0 amide bonds. The summed E-state index contributed by atoms with van der Waals surface area (Å²) in [5.41, 5.74) is -3.83. The fourth-order valence-electron chi connectivity index (χ4n) is 4.29.